The number of carbonyl (C=O) groups excluding carboxylic acids is 1. The molecule has 0 saturated heterocycles. The molecule has 6 nitrogen and oxygen atoms in total. The lowest BCUT2D eigenvalue weighted by Gasteiger charge is -1.98. The first-order chi connectivity index (χ1) is 9.78. The Balaban J connectivity index is 1.87. The SMILES string of the molecule is CCOC(=O)Cc1csc(N/N=C/c2cccnc2)n1. The molecule has 0 radical (unpaired) electrons. The molecule has 2 aromatic rings. The predicted molar refractivity (Wildman–Crippen MR) is 77.9 cm³/mol. The molecule has 2 aromatic heterocycles. The molecule has 0 aliphatic heterocycles. The highest BCUT2D eigenvalue weighted by Crippen LogP contribution is 2.15. The van der Waals surface area contributed by atoms with Gasteiger partial charge in [-0.2, -0.15) is 5.10 Å². The first-order valence-electron chi connectivity index (χ1n) is 6.07. The molecule has 20 heavy (non-hydrogen) atoms. The molecule has 2 rings (SSSR count). The van der Waals surface area contributed by atoms with E-state index in [1.54, 1.807) is 30.9 Å². The van der Waals surface area contributed by atoms with E-state index in [-0.39, 0.29) is 12.4 Å². The van der Waals surface area contributed by atoms with Gasteiger partial charge in [-0.05, 0) is 13.0 Å². The van der Waals surface area contributed by atoms with Crippen LogP contribution >= 0.6 is 11.3 Å². The predicted octanol–water partition coefficient (Wildman–Crippen LogP) is 2.09. The van der Waals surface area contributed by atoms with Crippen LogP contribution < -0.4 is 5.43 Å². The van der Waals surface area contributed by atoms with Gasteiger partial charge in [-0.25, -0.2) is 4.98 Å². The highest BCUT2D eigenvalue weighted by atomic mass is 32.1. The molecule has 0 aromatic carbocycles. The van der Waals surface area contributed by atoms with E-state index in [1.807, 2.05) is 12.1 Å². The number of hydrogen-bond acceptors (Lipinski definition) is 7. The molecule has 0 aliphatic carbocycles. The number of hydrazone groups is 1. The molecule has 1 N–H and O–H groups in total. The number of nitrogens with zero attached hydrogens (tertiary/aromatic N) is 3. The summed E-state index contributed by atoms with van der Waals surface area (Å²) in [4.78, 5) is 19.5. The molecule has 0 amide bonds. The van der Waals surface area contributed by atoms with Gasteiger partial charge in [0, 0.05) is 23.3 Å². The van der Waals surface area contributed by atoms with Crippen LogP contribution in [0.4, 0.5) is 5.13 Å². The van der Waals surface area contributed by atoms with Gasteiger partial charge in [-0.15, -0.1) is 11.3 Å². The maximum Gasteiger partial charge on any atom is 0.311 e. The van der Waals surface area contributed by atoms with Gasteiger partial charge < -0.3 is 4.74 Å². The van der Waals surface area contributed by atoms with Gasteiger partial charge in [-0.1, -0.05) is 6.07 Å². The standard InChI is InChI=1S/C13H14N4O2S/c1-2-19-12(18)6-11-9-20-13(16-11)17-15-8-10-4-3-5-14-7-10/h3-5,7-9H,2,6H2,1H3,(H,16,17)/b15-8+. The Bertz CT molecular complexity index is 583. The van der Waals surface area contributed by atoms with E-state index in [9.17, 15) is 4.79 Å². The van der Waals surface area contributed by atoms with Gasteiger partial charge in [0.1, 0.15) is 0 Å². The fourth-order valence-electron chi connectivity index (χ4n) is 1.41. The van der Waals surface area contributed by atoms with Crippen molar-refractivity contribution in [1.29, 1.82) is 0 Å². The number of thiazole rings is 1. The van der Waals surface area contributed by atoms with Crippen LogP contribution in [0.25, 0.3) is 0 Å². The van der Waals surface area contributed by atoms with Crippen molar-refractivity contribution in [3.05, 3.63) is 41.2 Å². The first kappa shape index (κ1) is 14.1. The zero-order valence-electron chi connectivity index (χ0n) is 10.9. The Kier molecular flexibility index (Phi) is 5.19. The van der Waals surface area contributed by atoms with Crippen molar-refractivity contribution < 1.29 is 9.53 Å². The lowest BCUT2D eigenvalue weighted by molar-refractivity contribution is -0.142. The van der Waals surface area contributed by atoms with Crippen molar-refractivity contribution in [3.63, 3.8) is 0 Å². The van der Waals surface area contributed by atoms with Crippen molar-refractivity contribution in [3.8, 4) is 0 Å². The molecule has 0 atom stereocenters. The number of nitrogens with one attached hydrogen (secondary N) is 1. The summed E-state index contributed by atoms with van der Waals surface area (Å²) in [5, 5.41) is 6.49. The Morgan fingerprint density at radius 1 is 1.60 bits per heavy atom. The van der Waals surface area contributed by atoms with E-state index >= 15 is 0 Å². The second-order valence-electron chi connectivity index (χ2n) is 3.78. The van der Waals surface area contributed by atoms with Gasteiger partial charge >= 0.3 is 5.97 Å². The quantitative estimate of drug-likeness (QED) is 0.501. The van der Waals surface area contributed by atoms with Gasteiger partial charge in [0.25, 0.3) is 0 Å². The fourth-order valence-corrected chi connectivity index (χ4v) is 2.07. The van der Waals surface area contributed by atoms with E-state index in [0.29, 0.717) is 17.4 Å². The number of ether oxygens (including phenoxy) is 1. The highest BCUT2D eigenvalue weighted by molar-refractivity contribution is 7.13. The summed E-state index contributed by atoms with van der Waals surface area (Å²) in [7, 11) is 0. The van der Waals surface area contributed by atoms with E-state index in [2.05, 4.69) is 20.5 Å². The summed E-state index contributed by atoms with van der Waals surface area (Å²) in [6, 6.07) is 3.73. The minimum Gasteiger partial charge on any atom is -0.466 e. The lowest BCUT2D eigenvalue weighted by atomic mass is 10.3. The van der Waals surface area contributed by atoms with Crippen LogP contribution in [0.5, 0.6) is 0 Å². The second-order valence-corrected chi connectivity index (χ2v) is 4.64. The molecular weight excluding hydrogens is 276 g/mol. The highest BCUT2D eigenvalue weighted by Gasteiger charge is 2.07. The number of pyridine rings is 1. The Hall–Kier alpha value is -2.28. The molecule has 0 fully saturated rings. The minimum atomic E-state index is -0.275. The maximum absolute atomic E-state index is 11.3. The van der Waals surface area contributed by atoms with E-state index in [1.165, 1.54) is 11.3 Å². The molecule has 7 heteroatoms. The lowest BCUT2D eigenvalue weighted by Crippen LogP contribution is -2.07. The minimum absolute atomic E-state index is 0.179. The molecule has 104 valence electrons. The van der Waals surface area contributed by atoms with Crippen molar-refractivity contribution >= 4 is 28.7 Å². The molecule has 0 unspecified atom stereocenters. The molecule has 0 spiro atoms. The summed E-state index contributed by atoms with van der Waals surface area (Å²) in [6.07, 6.45) is 5.24. The van der Waals surface area contributed by atoms with Crippen molar-refractivity contribution in [2.45, 2.75) is 13.3 Å². The van der Waals surface area contributed by atoms with E-state index < -0.39 is 0 Å². The molecule has 0 bridgehead atoms. The van der Waals surface area contributed by atoms with Crippen LogP contribution in [0.1, 0.15) is 18.2 Å². The van der Waals surface area contributed by atoms with Crippen LogP contribution in [-0.2, 0) is 16.0 Å². The zero-order chi connectivity index (χ0) is 14.2. The molecular formula is C13H14N4O2S. The largest absolute Gasteiger partial charge is 0.466 e. The van der Waals surface area contributed by atoms with Crippen LogP contribution in [0.15, 0.2) is 35.0 Å². The van der Waals surface area contributed by atoms with E-state index in [0.717, 1.165) is 5.56 Å². The number of aromatic nitrogens is 2. The monoisotopic (exact) mass is 290 g/mol. The molecule has 0 saturated carbocycles. The van der Waals surface area contributed by atoms with Crippen LogP contribution in [0.2, 0.25) is 0 Å². The van der Waals surface area contributed by atoms with Crippen LogP contribution in [0, 0.1) is 0 Å². The number of hydrogen-bond donors (Lipinski definition) is 1. The van der Waals surface area contributed by atoms with Crippen LogP contribution in [-0.4, -0.2) is 28.8 Å². The fraction of sp³-hybridized carbons (Fsp3) is 0.231. The number of carbonyl (C=O) groups is 1. The van der Waals surface area contributed by atoms with E-state index in [4.69, 9.17) is 4.74 Å². The Morgan fingerprint density at radius 2 is 2.50 bits per heavy atom. The summed E-state index contributed by atoms with van der Waals surface area (Å²) < 4.78 is 4.86. The maximum atomic E-state index is 11.3. The average Bonchev–Trinajstić information content (AvgIpc) is 2.88. The third-order valence-electron chi connectivity index (χ3n) is 2.24. The van der Waals surface area contributed by atoms with Gasteiger partial charge in [0.15, 0.2) is 0 Å². The molecule has 0 aliphatic rings. The summed E-state index contributed by atoms with van der Waals surface area (Å²) in [6.45, 7) is 2.16. The topological polar surface area (TPSA) is 76.5 Å². The van der Waals surface area contributed by atoms with Crippen molar-refractivity contribution in [1.82, 2.24) is 9.97 Å². The smallest absolute Gasteiger partial charge is 0.311 e. The summed E-state index contributed by atoms with van der Waals surface area (Å²) in [5.41, 5.74) is 4.38. The molecule has 2 heterocycles. The second kappa shape index (κ2) is 7.34. The number of esters is 1. The third kappa shape index (κ3) is 4.43. The first-order valence-corrected chi connectivity index (χ1v) is 6.95. The number of rotatable bonds is 6. The van der Waals surface area contributed by atoms with Gasteiger partial charge in [-0.3, -0.25) is 15.2 Å². The van der Waals surface area contributed by atoms with Crippen molar-refractivity contribution in [2.75, 3.05) is 12.0 Å². The average molecular weight is 290 g/mol. The number of anilines is 1. The zero-order valence-corrected chi connectivity index (χ0v) is 11.8. The van der Waals surface area contributed by atoms with Gasteiger partial charge in [0.2, 0.25) is 5.13 Å². The summed E-state index contributed by atoms with van der Waals surface area (Å²) >= 11 is 1.39. The van der Waals surface area contributed by atoms with Gasteiger partial charge in [0.05, 0.1) is 24.9 Å². The normalized spacial score (nSPS) is 10.7. The third-order valence-corrected chi connectivity index (χ3v) is 3.04. The van der Waals surface area contributed by atoms with Crippen LogP contribution in [0.3, 0.4) is 0 Å². The Morgan fingerprint density at radius 3 is 3.25 bits per heavy atom. The summed E-state index contributed by atoms with van der Waals surface area (Å²) in [5.74, 6) is -0.275. The van der Waals surface area contributed by atoms with Crippen molar-refractivity contribution in [2.24, 2.45) is 5.10 Å². The Labute approximate surface area is 120 Å².